The van der Waals surface area contributed by atoms with Gasteiger partial charge >= 0.3 is 5.97 Å². The Labute approximate surface area is 168 Å². The minimum atomic E-state index is -0.935. The van der Waals surface area contributed by atoms with Crippen molar-refractivity contribution in [3.8, 4) is 0 Å². The van der Waals surface area contributed by atoms with Gasteiger partial charge in [0.05, 0.1) is 10.5 Å². The number of hydrogen-bond acceptors (Lipinski definition) is 6. The first kappa shape index (κ1) is 20.3. The van der Waals surface area contributed by atoms with E-state index in [2.05, 4.69) is 5.32 Å². The molecule has 0 unspecified atom stereocenters. The molecule has 3 rings (SSSR count). The standard InChI is InChI=1S/C21H23N3O5/c1-15(20(25)23-11-5-6-12-23)29-21(26)17-9-10-18(19(13-17)24(27)28)22-14-16-7-3-2-4-8-16/h2-4,7-10,13,15,22H,5-6,11-12,14H2,1H3/t15-/m0/s1. The number of anilines is 1. The molecule has 29 heavy (non-hydrogen) atoms. The fourth-order valence-electron chi connectivity index (χ4n) is 3.23. The quantitative estimate of drug-likeness (QED) is 0.437. The Kier molecular flexibility index (Phi) is 6.43. The summed E-state index contributed by atoms with van der Waals surface area (Å²) in [6.07, 6.45) is 0.946. The van der Waals surface area contributed by atoms with Crippen LogP contribution >= 0.6 is 0 Å². The third kappa shape index (κ3) is 5.10. The molecule has 1 aliphatic heterocycles. The summed E-state index contributed by atoms with van der Waals surface area (Å²) in [6, 6.07) is 13.6. The van der Waals surface area contributed by atoms with Gasteiger partial charge < -0.3 is 15.0 Å². The van der Waals surface area contributed by atoms with Crippen molar-refractivity contribution in [2.24, 2.45) is 0 Å². The summed E-state index contributed by atoms with van der Waals surface area (Å²) in [4.78, 5) is 37.3. The maximum Gasteiger partial charge on any atom is 0.339 e. The molecule has 8 nitrogen and oxygen atoms in total. The van der Waals surface area contributed by atoms with Crippen molar-refractivity contribution in [2.75, 3.05) is 18.4 Å². The van der Waals surface area contributed by atoms with Crippen molar-refractivity contribution >= 4 is 23.3 Å². The van der Waals surface area contributed by atoms with Crippen LogP contribution in [0.5, 0.6) is 0 Å². The highest BCUT2D eigenvalue weighted by atomic mass is 16.6. The number of nitrogens with one attached hydrogen (secondary N) is 1. The summed E-state index contributed by atoms with van der Waals surface area (Å²) in [5, 5.41) is 14.5. The lowest BCUT2D eigenvalue weighted by Crippen LogP contribution is -2.38. The smallest absolute Gasteiger partial charge is 0.339 e. The fourth-order valence-corrected chi connectivity index (χ4v) is 3.23. The Balaban J connectivity index is 1.69. The molecule has 0 saturated carbocycles. The van der Waals surface area contributed by atoms with Crippen molar-refractivity contribution in [3.63, 3.8) is 0 Å². The van der Waals surface area contributed by atoms with Gasteiger partial charge in [-0.05, 0) is 37.5 Å². The van der Waals surface area contributed by atoms with E-state index in [0.29, 0.717) is 25.3 Å². The zero-order valence-electron chi connectivity index (χ0n) is 16.2. The lowest BCUT2D eigenvalue weighted by Gasteiger charge is -2.20. The van der Waals surface area contributed by atoms with Crippen LogP contribution in [0.3, 0.4) is 0 Å². The molecule has 2 aromatic rings. The minimum Gasteiger partial charge on any atom is -0.449 e. The van der Waals surface area contributed by atoms with Crippen LogP contribution in [0, 0.1) is 10.1 Å². The Morgan fingerprint density at radius 3 is 2.52 bits per heavy atom. The van der Waals surface area contributed by atoms with E-state index in [9.17, 15) is 19.7 Å². The normalized spacial score (nSPS) is 14.3. The molecule has 1 N–H and O–H groups in total. The van der Waals surface area contributed by atoms with Crippen molar-refractivity contribution in [1.29, 1.82) is 0 Å². The van der Waals surface area contributed by atoms with Crippen LogP contribution in [0.1, 0.15) is 35.7 Å². The van der Waals surface area contributed by atoms with Gasteiger partial charge in [-0.1, -0.05) is 30.3 Å². The van der Waals surface area contributed by atoms with Crippen LogP contribution in [0.15, 0.2) is 48.5 Å². The maximum absolute atomic E-state index is 12.4. The number of hydrogen-bond donors (Lipinski definition) is 1. The zero-order valence-corrected chi connectivity index (χ0v) is 16.2. The van der Waals surface area contributed by atoms with Crippen LogP contribution in [-0.4, -0.2) is 40.9 Å². The number of nitro groups is 1. The minimum absolute atomic E-state index is 0.0306. The third-order valence-corrected chi connectivity index (χ3v) is 4.81. The molecule has 8 heteroatoms. The number of nitro benzene ring substituents is 1. The van der Waals surface area contributed by atoms with Gasteiger partial charge in [0.25, 0.3) is 11.6 Å². The number of amides is 1. The van der Waals surface area contributed by atoms with Gasteiger partial charge in [0.15, 0.2) is 6.10 Å². The van der Waals surface area contributed by atoms with E-state index < -0.39 is 17.0 Å². The predicted octanol–water partition coefficient (Wildman–Crippen LogP) is 3.37. The molecule has 0 aliphatic carbocycles. The molecule has 1 saturated heterocycles. The van der Waals surface area contributed by atoms with Gasteiger partial charge in [0, 0.05) is 25.7 Å². The van der Waals surface area contributed by atoms with Crippen LogP contribution in [0.4, 0.5) is 11.4 Å². The van der Waals surface area contributed by atoms with Gasteiger partial charge in [-0.25, -0.2) is 4.79 Å². The Bertz CT molecular complexity index is 894. The predicted molar refractivity (Wildman–Crippen MR) is 108 cm³/mol. The van der Waals surface area contributed by atoms with Crippen molar-refractivity contribution in [3.05, 3.63) is 69.8 Å². The molecule has 0 aromatic heterocycles. The van der Waals surface area contributed by atoms with Gasteiger partial charge in [-0.2, -0.15) is 0 Å². The van der Waals surface area contributed by atoms with E-state index in [1.54, 1.807) is 4.90 Å². The molecule has 1 heterocycles. The van der Waals surface area contributed by atoms with Gasteiger partial charge in [0.2, 0.25) is 0 Å². The second-order valence-corrected chi connectivity index (χ2v) is 6.91. The molecule has 0 spiro atoms. The Morgan fingerprint density at radius 2 is 1.86 bits per heavy atom. The number of benzene rings is 2. The number of rotatable bonds is 7. The second kappa shape index (κ2) is 9.18. The number of carbonyl (C=O) groups excluding carboxylic acids is 2. The number of carbonyl (C=O) groups is 2. The highest BCUT2D eigenvalue weighted by Gasteiger charge is 2.27. The zero-order chi connectivity index (χ0) is 20.8. The van der Waals surface area contributed by atoms with Crippen LogP contribution in [-0.2, 0) is 16.1 Å². The Morgan fingerprint density at radius 1 is 1.17 bits per heavy atom. The SMILES string of the molecule is C[C@H](OC(=O)c1ccc(NCc2ccccc2)c([N+](=O)[O-])c1)C(=O)N1CCCC1. The molecular formula is C21H23N3O5. The van der Waals surface area contributed by atoms with E-state index in [1.165, 1.54) is 25.1 Å². The summed E-state index contributed by atoms with van der Waals surface area (Å²) in [5.41, 5.74) is 1.08. The largest absolute Gasteiger partial charge is 0.449 e. The number of likely N-dealkylation sites (tertiary alicyclic amines) is 1. The first-order valence-electron chi connectivity index (χ1n) is 9.51. The summed E-state index contributed by atoms with van der Waals surface area (Å²) in [5.74, 6) is -1.01. The average Bonchev–Trinajstić information content (AvgIpc) is 3.27. The van der Waals surface area contributed by atoms with Crippen molar-refractivity contribution < 1.29 is 19.2 Å². The van der Waals surface area contributed by atoms with Gasteiger partial charge in [-0.15, -0.1) is 0 Å². The van der Waals surface area contributed by atoms with Crippen LogP contribution in [0.25, 0.3) is 0 Å². The molecule has 152 valence electrons. The summed E-state index contributed by atoms with van der Waals surface area (Å²) in [6.45, 7) is 3.25. The van der Waals surface area contributed by atoms with E-state index in [-0.39, 0.29) is 17.2 Å². The van der Waals surface area contributed by atoms with Crippen molar-refractivity contribution in [2.45, 2.75) is 32.4 Å². The van der Waals surface area contributed by atoms with E-state index in [4.69, 9.17) is 4.74 Å². The molecule has 1 aliphatic rings. The number of nitrogens with zero attached hydrogens (tertiary/aromatic N) is 2. The molecule has 1 amide bonds. The lowest BCUT2D eigenvalue weighted by atomic mass is 10.1. The molecule has 1 atom stereocenters. The van der Waals surface area contributed by atoms with E-state index in [0.717, 1.165) is 18.4 Å². The summed E-state index contributed by atoms with van der Waals surface area (Å²) >= 11 is 0. The fraction of sp³-hybridized carbons (Fsp3) is 0.333. The number of esters is 1. The first-order valence-corrected chi connectivity index (χ1v) is 9.51. The van der Waals surface area contributed by atoms with Crippen LogP contribution in [0.2, 0.25) is 0 Å². The first-order chi connectivity index (χ1) is 14.0. The van der Waals surface area contributed by atoms with E-state index >= 15 is 0 Å². The van der Waals surface area contributed by atoms with Crippen molar-refractivity contribution in [1.82, 2.24) is 4.90 Å². The highest BCUT2D eigenvalue weighted by molar-refractivity contribution is 5.93. The molecule has 1 fully saturated rings. The average molecular weight is 397 g/mol. The van der Waals surface area contributed by atoms with Crippen LogP contribution < -0.4 is 5.32 Å². The molecule has 0 bridgehead atoms. The highest BCUT2D eigenvalue weighted by Crippen LogP contribution is 2.27. The Hall–Kier alpha value is -3.42. The topological polar surface area (TPSA) is 102 Å². The van der Waals surface area contributed by atoms with E-state index in [1.807, 2.05) is 30.3 Å². The summed E-state index contributed by atoms with van der Waals surface area (Å²) < 4.78 is 5.24. The van der Waals surface area contributed by atoms with Gasteiger partial charge in [0.1, 0.15) is 5.69 Å². The lowest BCUT2D eigenvalue weighted by molar-refractivity contribution is -0.384. The summed E-state index contributed by atoms with van der Waals surface area (Å²) in [7, 11) is 0. The molecular weight excluding hydrogens is 374 g/mol. The maximum atomic E-state index is 12.4. The second-order valence-electron chi connectivity index (χ2n) is 6.91. The monoisotopic (exact) mass is 397 g/mol. The number of ether oxygens (including phenoxy) is 1. The molecule has 0 radical (unpaired) electrons. The molecule has 2 aromatic carbocycles. The third-order valence-electron chi connectivity index (χ3n) is 4.81. The van der Waals surface area contributed by atoms with Gasteiger partial charge in [-0.3, -0.25) is 14.9 Å².